The molecule has 1 N–H and O–H groups in total. The molecule has 78 valence electrons. The Morgan fingerprint density at radius 3 is 2.23 bits per heavy atom. The minimum Gasteiger partial charge on any atom is -0.389 e. The molecule has 1 aliphatic rings. The molecule has 0 aromatic rings. The normalized spacial score (nSPS) is 22.2. The molecule has 0 amide bonds. The molecule has 1 aliphatic heterocycles. The second-order valence-electron chi connectivity index (χ2n) is 4.10. The van der Waals surface area contributed by atoms with Gasteiger partial charge in [-0.25, -0.2) is 4.31 Å². The van der Waals surface area contributed by atoms with Crippen molar-refractivity contribution in [2.24, 2.45) is 0 Å². The molecule has 0 aromatic heterocycles. The predicted molar refractivity (Wildman–Crippen MR) is 60.9 cm³/mol. The van der Waals surface area contributed by atoms with E-state index in [0.29, 0.717) is 0 Å². The van der Waals surface area contributed by atoms with E-state index in [1.807, 2.05) is 13.8 Å². The van der Waals surface area contributed by atoms with Gasteiger partial charge in [-0.3, -0.25) is 4.90 Å². The maximum Gasteiger partial charge on any atom is 0.0718 e. The third-order valence-electron chi connectivity index (χ3n) is 2.06. The van der Waals surface area contributed by atoms with E-state index < -0.39 is 5.60 Å². The third kappa shape index (κ3) is 4.56. The van der Waals surface area contributed by atoms with Gasteiger partial charge in [0.05, 0.1) is 5.60 Å². The molecule has 5 heteroatoms. The van der Waals surface area contributed by atoms with Crippen molar-refractivity contribution in [1.29, 1.82) is 0 Å². The first-order chi connectivity index (χ1) is 6.01. The van der Waals surface area contributed by atoms with Crippen molar-refractivity contribution in [2.75, 3.05) is 32.7 Å². The highest BCUT2D eigenvalue weighted by Gasteiger charge is 2.22. The number of aliphatic hydroxyl groups is 1. The number of β-amino-alcohol motifs (C(OH)–C–C–N with tert-alkyl or cyclic N) is 1. The molecule has 1 saturated heterocycles. The molecule has 1 heterocycles. The fraction of sp³-hybridized carbons (Fsp3) is 1.00. The molecular weight excluding hydrogens is 204 g/mol. The van der Waals surface area contributed by atoms with Crippen LogP contribution < -0.4 is 0 Å². The van der Waals surface area contributed by atoms with Gasteiger partial charge in [0, 0.05) is 32.7 Å². The van der Waals surface area contributed by atoms with E-state index >= 15 is 0 Å². The van der Waals surface area contributed by atoms with Crippen molar-refractivity contribution < 1.29 is 5.11 Å². The van der Waals surface area contributed by atoms with E-state index in [1.54, 1.807) is 0 Å². The average molecular weight is 222 g/mol. The van der Waals surface area contributed by atoms with Crippen molar-refractivity contribution in [2.45, 2.75) is 19.4 Å². The Morgan fingerprint density at radius 1 is 1.31 bits per heavy atom. The average Bonchev–Trinajstić information content (AvgIpc) is 2.03. The minimum atomic E-state index is -0.573. The van der Waals surface area contributed by atoms with Crippen LogP contribution in [-0.4, -0.2) is 52.6 Å². The Labute approximate surface area is 89.4 Å². The van der Waals surface area contributed by atoms with Gasteiger partial charge in [0.25, 0.3) is 0 Å². The van der Waals surface area contributed by atoms with Gasteiger partial charge in [0.2, 0.25) is 0 Å². The number of hydrogen-bond donors (Lipinski definition) is 2. The summed E-state index contributed by atoms with van der Waals surface area (Å²) >= 11 is 4.15. The zero-order valence-corrected chi connectivity index (χ0v) is 9.94. The van der Waals surface area contributed by atoms with Crippen LogP contribution in [0, 0.1) is 0 Å². The maximum absolute atomic E-state index is 9.62. The standard InChI is InChI=1S/C8H18N2OS2/c1-8(2,11)7-9-3-5-10(13-12)6-4-9/h11-12H,3-7H2,1-2H3. The molecule has 0 radical (unpaired) electrons. The zero-order valence-electron chi connectivity index (χ0n) is 8.23. The van der Waals surface area contributed by atoms with E-state index in [-0.39, 0.29) is 0 Å². The van der Waals surface area contributed by atoms with Crippen LogP contribution in [0.4, 0.5) is 0 Å². The molecule has 0 aliphatic carbocycles. The highest BCUT2D eigenvalue weighted by atomic mass is 33.1. The van der Waals surface area contributed by atoms with Gasteiger partial charge in [-0.05, 0) is 24.8 Å². The SMILES string of the molecule is CC(C)(O)CN1CCN(SS)CC1. The smallest absolute Gasteiger partial charge is 0.0718 e. The zero-order chi connectivity index (χ0) is 9.90. The molecule has 0 aromatic carbocycles. The van der Waals surface area contributed by atoms with Gasteiger partial charge >= 0.3 is 0 Å². The summed E-state index contributed by atoms with van der Waals surface area (Å²) in [5.74, 6) is 0. The number of piperazine rings is 1. The van der Waals surface area contributed by atoms with Crippen LogP contribution in [0.2, 0.25) is 0 Å². The van der Waals surface area contributed by atoms with E-state index in [0.717, 1.165) is 32.7 Å². The molecule has 0 saturated carbocycles. The summed E-state index contributed by atoms with van der Waals surface area (Å²) in [6.07, 6.45) is 0. The monoisotopic (exact) mass is 222 g/mol. The van der Waals surface area contributed by atoms with Crippen molar-refractivity contribution in [3.05, 3.63) is 0 Å². The second kappa shape index (κ2) is 4.89. The summed E-state index contributed by atoms with van der Waals surface area (Å²) in [7, 11) is 1.50. The molecule has 0 bridgehead atoms. The molecule has 0 unspecified atom stereocenters. The van der Waals surface area contributed by atoms with Crippen LogP contribution in [0.15, 0.2) is 0 Å². The number of thiol groups is 1. The van der Waals surface area contributed by atoms with Gasteiger partial charge in [0.1, 0.15) is 0 Å². The highest BCUT2D eigenvalue weighted by Crippen LogP contribution is 2.17. The second-order valence-corrected chi connectivity index (χ2v) is 5.27. The molecular formula is C8H18N2OS2. The van der Waals surface area contributed by atoms with E-state index in [1.165, 1.54) is 11.0 Å². The first-order valence-electron chi connectivity index (χ1n) is 4.52. The lowest BCUT2D eigenvalue weighted by molar-refractivity contribution is 0.0271. The van der Waals surface area contributed by atoms with Crippen molar-refractivity contribution in [3.8, 4) is 0 Å². The fourth-order valence-electron chi connectivity index (χ4n) is 1.52. The van der Waals surface area contributed by atoms with Crippen LogP contribution in [0.1, 0.15) is 13.8 Å². The fourth-order valence-corrected chi connectivity index (χ4v) is 2.33. The van der Waals surface area contributed by atoms with Crippen molar-refractivity contribution in [1.82, 2.24) is 9.21 Å². The van der Waals surface area contributed by atoms with Crippen LogP contribution in [0.5, 0.6) is 0 Å². The Kier molecular flexibility index (Phi) is 4.38. The first-order valence-corrected chi connectivity index (χ1v) is 6.35. The molecule has 1 rings (SSSR count). The first kappa shape index (κ1) is 11.7. The highest BCUT2D eigenvalue weighted by molar-refractivity contribution is 8.67. The largest absolute Gasteiger partial charge is 0.389 e. The number of hydrogen-bond acceptors (Lipinski definition) is 5. The summed E-state index contributed by atoms with van der Waals surface area (Å²) < 4.78 is 2.23. The van der Waals surface area contributed by atoms with Crippen LogP contribution >= 0.6 is 22.6 Å². The number of rotatable bonds is 3. The molecule has 13 heavy (non-hydrogen) atoms. The predicted octanol–water partition coefficient (Wildman–Crippen LogP) is 0.868. The van der Waals surface area contributed by atoms with E-state index in [2.05, 4.69) is 20.9 Å². The lowest BCUT2D eigenvalue weighted by atomic mass is 10.1. The van der Waals surface area contributed by atoms with Crippen molar-refractivity contribution in [3.63, 3.8) is 0 Å². The molecule has 1 fully saturated rings. The van der Waals surface area contributed by atoms with Crippen LogP contribution in [-0.2, 0) is 0 Å². The summed E-state index contributed by atoms with van der Waals surface area (Å²) in [6, 6.07) is 0. The minimum absolute atomic E-state index is 0.573. The van der Waals surface area contributed by atoms with Gasteiger partial charge in [-0.1, -0.05) is 11.7 Å². The van der Waals surface area contributed by atoms with Gasteiger partial charge in [-0.2, -0.15) is 0 Å². The summed E-state index contributed by atoms with van der Waals surface area (Å²) in [5, 5.41) is 9.62. The van der Waals surface area contributed by atoms with Crippen LogP contribution in [0.25, 0.3) is 0 Å². The van der Waals surface area contributed by atoms with Gasteiger partial charge in [-0.15, -0.1) is 0 Å². The van der Waals surface area contributed by atoms with Gasteiger partial charge in [0.15, 0.2) is 0 Å². The Hall–Kier alpha value is 0.580. The molecule has 3 nitrogen and oxygen atoms in total. The Bertz CT molecular complexity index is 153. The summed E-state index contributed by atoms with van der Waals surface area (Å²) in [5.41, 5.74) is -0.573. The summed E-state index contributed by atoms with van der Waals surface area (Å²) in [6.45, 7) is 8.58. The van der Waals surface area contributed by atoms with E-state index in [4.69, 9.17) is 0 Å². The lowest BCUT2D eigenvalue weighted by Crippen LogP contribution is -2.48. The molecule has 0 spiro atoms. The van der Waals surface area contributed by atoms with Crippen molar-refractivity contribution >= 4 is 22.6 Å². The third-order valence-corrected chi connectivity index (χ3v) is 3.35. The lowest BCUT2D eigenvalue weighted by Gasteiger charge is -2.35. The summed E-state index contributed by atoms with van der Waals surface area (Å²) in [4.78, 5) is 2.29. The van der Waals surface area contributed by atoms with Gasteiger partial charge < -0.3 is 5.11 Å². The van der Waals surface area contributed by atoms with E-state index in [9.17, 15) is 5.11 Å². The van der Waals surface area contributed by atoms with Crippen LogP contribution in [0.3, 0.4) is 0 Å². The Balaban J connectivity index is 2.25. The topological polar surface area (TPSA) is 26.7 Å². The maximum atomic E-state index is 9.62. The Morgan fingerprint density at radius 2 is 1.85 bits per heavy atom. The molecule has 0 atom stereocenters. The number of nitrogens with zero attached hydrogens (tertiary/aromatic N) is 2. The quantitative estimate of drug-likeness (QED) is 0.421.